The number of hydrogen-bond acceptors (Lipinski definition) is 6. The van der Waals surface area contributed by atoms with Crippen LogP contribution in [0.3, 0.4) is 0 Å². The van der Waals surface area contributed by atoms with Crippen LogP contribution in [-0.2, 0) is 27.1 Å². The zero-order valence-corrected chi connectivity index (χ0v) is 23.4. The Balaban J connectivity index is 1.52. The average molecular weight is 578 g/mol. The van der Waals surface area contributed by atoms with Crippen molar-refractivity contribution in [2.75, 3.05) is 14.2 Å². The Labute approximate surface area is 241 Å². The topological polar surface area (TPSA) is 74.2 Å². The van der Waals surface area contributed by atoms with Gasteiger partial charge in [-0.15, -0.1) is 0 Å². The van der Waals surface area contributed by atoms with Gasteiger partial charge in [0.25, 0.3) is 0 Å². The molecule has 0 saturated carbocycles. The van der Waals surface area contributed by atoms with E-state index in [1.165, 1.54) is 19.2 Å². The Kier molecular flexibility index (Phi) is 8.20. The molecule has 3 aromatic carbocycles. The Bertz CT molecular complexity index is 1540. The standard InChI is InChI=1S/C33H30F3NO5/c1-19-29(32(39)42-18-20-7-5-4-6-8-20)30(21-9-12-24(13-10-21)33(34,35)36)31-25(37-19)15-23(16-26(31)38)22-11-14-27(40-2)28(17-22)41-3/h4-14,17,23,29-30H,15-16,18H2,1-3H3. The molecule has 0 amide bonds. The number of ether oxygens (including phenoxy) is 3. The van der Waals surface area contributed by atoms with Crippen molar-refractivity contribution in [3.8, 4) is 11.5 Å². The maximum atomic E-state index is 13.8. The first kappa shape index (κ1) is 29.1. The predicted octanol–water partition coefficient (Wildman–Crippen LogP) is 7.04. The second-order valence-electron chi connectivity index (χ2n) is 10.4. The Morgan fingerprint density at radius 1 is 0.905 bits per heavy atom. The molecule has 3 atom stereocenters. The fourth-order valence-electron chi connectivity index (χ4n) is 5.77. The smallest absolute Gasteiger partial charge is 0.416 e. The largest absolute Gasteiger partial charge is 0.493 e. The van der Waals surface area contributed by atoms with Crippen molar-refractivity contribution in [3.05, 3.63) is 106 Å². The summed E-state index contributed by atoms with van der Waals surface area (Å²) in [6.45, 7) is 1.71. The fourth-order valence-corrected chi connectivity index (χ4v) is 5.77. The molecule has 6 nitrogen and oxygen atoms in total. The van der Waals surface area contributed by atoms with Gasteiger partial charge in [-0.25, -0.2) is 0 Å². The zero-order valence-electron chi connectivity index (χ0n) is 23.4. The number of Topliss-reactive ketones (excluding diaryl/α,β-unsaturated/α-hetero) is 1. The van der Waals surface area contributed by atoms with Gasteiger partial charge in [0.1, 0.15) is 12.5 Å². The highest BCUT2D eigenvalue weighted by Gasteiger charge is 2.45. The van der Waals surface area contributed by atoms with Crippen LogP contribution < -0.4 is 9.47 Å². The van der Waals surface area contributed by atoms with Gasteiger partial charge >= 0.3 is 12.1 Å². The van der Waals surface area contributed by atoms with Crippen molar-refractivity contribution < 1.29 is 37.0 Å². The zero-order chi connectivity index (χ0) is 30.0. The van der Waals surface area contributed by atoms with Crippen molar-refractivity contribution in [1.82, 2.24) is 0 Å². The molecule has 0 N–H and O–H groups in total. The van der Waals surface area contributed by atoms with Crippen LogP contribution in [0, 0.1) is 5.92 Å². The highest BCUT2D eigenvalue weighted by molar-refractivity contribution is 6.09. The van der Waals surface area contributed by atoms with E-state index >= 15 is 0 Å². The second kappa shape index (κ2) is 11.8. The van der Waals surface area contributed by atoms with E-state index < -0.39 is 29.5 Å². The van der Waals surface area contributed by atoms with Crippen LogP contribution in [0.15, 0.2) is 89.1 Å². The van der Waals surface area contributed by atoms with Gasteiger partial charge in [-0.2, -0.15) is 13.2 Å². The lowest BCUT2D eigenvalue weighted by Gasteiger charge is -2.36. The number of alkyl halides is 3. The molecule has 0 spiro atoms. The minimum Gasteiger partial charge on any atom is -0.493 e. The van der Waals surface area contributed by atoms with Crippen LogP contribution in [-0.4, -0.2) is 31.7 Å². The average Bonchev–Trinajstić information content (AvgIpc) is 2.98. The minimum atomic E-state index is -4.52. The molecule has 5 rings (SSSR count). The number of benzene rings is 3. The summed E-state index contributed by atoms with van der Waals surface area (Å²) in [7, 11) is 3.08. The van der Waals surface area contributed by atoms with E-state index in [1.54, 1.807) is 20.1 Å². The number of ketones is 1. The Hall–Kier alpha value is -4.40. The van der Waals surface area contributed by atoms with Crippen LogP contribution in [0.1, 0.15) is 53.9 Å². The summed E-state index contributed by atoms with van der Waals surface area (Å²) >= 11 is 0. The number of aliphatic imine (C=N–C) groups is 1. The van der Waals surface area contributed by atoms with Crippen molar-refractivity contribution >= 4 is 17.5 Å². The third kappa shape index (κ3) is 5.82. The normalized spacial score (nSPS) is 20.5. The monoisotopic (exact) mass is 577 g/mol. The van der Waals surface area contributed by atoms with Crippen molar-refractivity contribution in [3.63, 3.8) is 0 Å². The van der Waals surface area contributed by atoms with Gasteiger partial charge in [-0.3, -0.25) is 14.6 Å². The summed E-state index contributed by atoms with van der Waals surface area (Å²) < 4.78 is 56.5. The van der Waals surface area contributed by atoms with Gasteiger partial charge in [0.05, 0.1) is 19.8 Å². The van der Waals surface area contributed by atoms with Crippen molar-refractivity contribution in [1.29, 1.82) is 0 Å². The number of esters is 1. The molecule has 1 heterocycles. The number of carbonyl (C=O) groups excluding carboxylic acids is 2. The van der Waals surface area contributed by atoms with E-state index in [1.807, 2.05) is 42.5 Å². The van der Waals surface area contributed by atoms with Gasteiger partial charge in [-0.05, 0) is 60.2 Å². The molecule has 3 aromatic rings. The van der Waals surface area contributed by atoms with E-state index in [0.717, 1.165) is 23.3 Å². The highest BCUT2D eigenvalue weighted by atomic mass is 19.4. The Morgan fingerprint density at radius 2 is 1.57 bits per heavy atom. The highest BCUT2D eigenvalue weighted by Crippen LogP contribution is 2.48. The Morgan fingerprint density at radius 3 is 2.21 bits per heavy atom. The first-order chi connectivity index (χ1) is 20.1. The predicted molar refractivity (Wildman–Crippen MR) is 151 cm³/mol. The van der Waals surface area contributed by atoms with Gasteiger partial charge in [0.2, 0.25) is 0 Å². The molecule has 9 heteroatoms. The molecule has 3 unspecified atom stereocenters. The number of rotatable bonds is 7. The molecule has 0 saturated heterocycles. The van der Waals surface area contributed by atoms with Crippen LogP contribution in [0.4, 0.5) is 13.2 Å². The first-order valence-corrected chi connectivity index (χ1v) is 13.5. The lowest BCUT2D eigenvalue weighted by atomic mass is 9.69. The number of hydrogen-bond donors (Lipinski definition) is 0. The maximum absolute atomic E-state index is 13.8. The number of halogens is 3. The molecular weight excluding hydrogens is 547 g/mol. The molecule has 0 bridgehead atoms. The molecule has 218 valence electrons. The summed E-state index contributed by atoms with van der Waals surface area (Å²) in [5, 5.41) is 0. The molecule has 1 aliphatic heterocycles. The number of methoxy groups -OCH3 is 2. The molecule has 1 aliphatic carbocycles. The summed E-state index contributed by atoms with van der Waals surface area (Å²) in [6, 6.07) is 19.3. The van der Waals surface area contributed by atoms with Gasteiger partial charge in [0.15, 0.2) is 17.3 Å². The van der Waals surface area contributed by atoms with E-state index in [0.29, 0.717) is 40.5 Å². The van der Waals surface area contributed by atoms with E-state index in [9.17, 15) is 22.8 Å². The molecule has 0 fully saturated rings. The third-order valence-corrected chi connectivity index (χ3v) is 7.84. The molecule has 42 heavy (non-hydrogen) atoms. The fraction of sp³-hybridized carbons (Fsp3) is 0.303. The van der Waals surface area contributed by atoms with Crippen LogP contribution >= 0.6 is 0 Å². The summed E-state index contributed by atoms with van der Waals surface area (Å²) in [5.41, 5.74) is 2.58. The maximum Gasteiger partial charge on any atom is 0.416 e. The van der Waals surface area contributed by atoms with Crippen molar-refractivity contribution in [2.24, 2.45) is 10.9 Å². The third-order valence-electron chi connectivity index (χ3n) is 7.84. The van der Waals surface area contributed by atoms with Crippen LogP contribution in [0.2, 0.25) is 0 Å². The number of nitrogens with zero attached hydrogens (tertiary/aromatic N) is 1. The summed E-state index contributed by atoms with van der Waals surface area (Å²) in [4.78, 5) is 32.1. The van der Waals surface area contributed by atoms with E-state index in [-0.39, 0.29) is 24.7 Å². The quantitative estimate of drug-likeness (QED) is 0.282. The van der Waals surface area contributed by atoms with E-state index in [4.69, 9.17) is 19.2 Å². The second-order valence-corrected chi connectivity index (χ2v) is 10.4. The minimum absolute atomic E-state index is 0.0183. The van der Waals surface area contributed by atoms with Crippen molar-refractivity contribution in [2.45, 2.75) is 44.4 Å². The first-order valence-electron chi connectivity index (χ1n) is 13.5. The molecule has 0 aromatic heterocycles. The van der Waals surface area contributed by atoms with Gasteiger partial charge in [0, 0.05) is 29.3 Å². The van der Waals surface area contributed by atoms with Crippen LogP contribution in [0.25, 0.3) is 0 Å². The molecule has 0 radical (unpaired) electrons. The van der Waals surface area contributed by atoms with E-state index in [2.05, 4.69) is 0 Å². The summed E-state index contributed by atoms with van der Waals surface area (Å²) in [5.74, 6) is -1.71. The molecule has 2 aliphatic rings. The van der Waals surface area contributed by atoms with Crippen LogP contribution in [0.5, 0.6) is 11.5 Å². The summed E-state index contributed by atoms with van der Waals surface area (Å²) in [6.07, 6.45) is -3.96. The van der Waals surface area contributed by atoms with Gasteiger partial charge < -0.3 is 14.2 Å². The van der Waals surface area contributed by atoms with Gasteiger partial charge in [-0.1, -0.05) is 48.5 Å². The lowest BCUT2D eigenvalue weighted by Crippen LogP contribution is -2.38. The lowest BCUT2D eigenvalue weighted by molar-refractivity contribution is -0.148. The number of allylic oxidation sites excluding steroid dienone is 2. The number of carbonyl (C=O) groups is 2. The molecular formula is C33H30F3NO5. The SMILES string of the molecule is COc1ccc(C2CC(=O)C3=C(C2)N=C(C)C(C(=O)OCc2ccccc2)C3c2ccc(C(F)(F)F)cc2)cc1OC.